The molecule has 1 aromatic heterocycles. The fourth-order valence-electron chi connectivity index (χ4n) is 3.04. The van der Waals surface area contributed by atoms with Gasteiger partial charge in [-0.25, -0.2) is 13.1 Å². The quantitative estimate of drug-likeness (QED) is 0.676. The first-order valence-corrected chi connectivity index (χ1v) is 10.7. The Labute approximate surface area is 157 Å². The lowest BCUT2D eigenvalue weighted by molar-refractivity contribution is 0.300. The van der Waals surface area contributed by atoms with E-state index in [2.05, 4.69) is 5.10 Å². The van der Waals surface area contributed by atoms with Crippen molar-refractivity contribution in [1.29, 1.82) is 0 Å². The summed E-state index contributed by atoms with van der Waals surface area (Å²) in [5, 5.41) is 5.63. The normalized spacial score (nSPS) is 14.4. The number of benzene rings is 2. The summed E-state index contributed by atoms with van der Waals surface area (Å²) in [7, 11) is -1.81. The molecule has 1 saturated carbocycles. The van der Waals surface area contributed by atoms with Gasteiger partial charge in [-0.15, -0.1) is 0 Å². The van der Waals surface area contributed by atoms with Gasteiger partial charge in [0.1, 0.15) is 11.4 Å². The van der Waals surface area contributed by atoms with Crippen LogP contribution in [0.25, 0.3) is 22.0 Å². The fraction of sp³-hybridized carbons (Fsp3) is 0.300. The van der Waals surface area contributed by atoms with Gasteiger partial charge in [0.2, 0.25) is 0 Å². The third-order valence-corrected chi connectivity index (χ3v) is 5.87. The maximum absolute atomic E-state index is 12.4. The Morgan fingerprint density at radius 1 is 1.15 bits per heavy atom. The molecular formula is C20H20N2O4S. The van der Waals surface area contributed by atoms with E-state index in [4.69, 9.17) is 4.74 Å². The smallest absolute Gasteiger partial charge is 0.274 e. The lowest BCUT2D eigenvalue weighted by Crippen LogP contribution is -2.20. The zero-order valence-corrected chi connectivity index (χ0v) is 16.0. The number of sulfone groups is 1. The first kappa shape index (κ1) is 17.7. The van der Waals surface area contributed by atoms with Crippen LogP contribution in [0.5, 0.6) is 5.75 Å². The molecule has 140 valence electrons. The van der Waals surface area contributed by atoms with Gasteiger partial charge in [-0.3, -0.25) is 4.79 Å². The summed E-state index contributed by atoms with van der Waals surface area (Å²) >= 11 is 0. The number of nitrogens with zero attached hydrogens (tertiary/aromatic N) is 2. The van der Waals surface area contributed by atoms with Crippen LogP contribution in [0.2, 0.25) is 0 Å². The number of ether oxygens (including phenoxy) is 1. The van der Waals surface area contributed by atoms with Gasteiger partial charge in [0.25, 0.3) is 5.56 Å². The third-order valence-electron chi connectivity index (χ3n) is 4.76. The van der Waals surface area contributed by atoms with Crippen LogP contribution in [-0.2, 0) is 16.9 Å². The van der Waals surface area contributed by atoms with Gasteiger partial charge >= 0.3 is 0 Å². The van der Waals surface area contributed by atoms with Crippen molar-refractivity contribution in [2.75, 3.05) is 12.9 Å². The molecule has 2 aromatic carbocycles. The Morgan fingerprint density at radius 2 is 1.85 bits per heavy atom. The molecule has 1 aliphatic carbocycles. The monoisotopic (exact) mass is 384 g/mol. The zero-order chi connectivity index (χ0) is 19.2. The minimum atomic E-state index is -3.39. The fourth-order valence-corrected chi connectivity index (χ4v) is 3.69. The number of hydrogen-bond acceptors (Lipinski definition) is 5. The lowest BCUT2D eigenvalue weighted by atomic mass is 10.0. The molecule has 7 heteroatoms. The minimum absolute atomic E-state index is 0.191. The standard InChI is InChI=1S/C20H20N2O4S/c1-22-20(23)16-6-4-3-5-15(16)19(21-22)17-11-14(27(2,24)25)9-10-18(17)26-12-13-7-8-13/h3-6,9-11,13H,7-8,12H2,1-2H3. The Morgan fingerprint density at radius 3 is 2.52 bits per heavy atom. The molecule has 1 aliphatic rings. The summed E-state index contributed by atoms with van der Waals surface area (Å²) in [5.41, 5.74) is 0.906. The van der Waals surface area contributed by atoms with Crippen molar-refractivity contribution < 1.29 is 13.2 Å². The summed E-state index contributed by atoms with van der Waals surface area (Å²) in [6.45, 7) is 0.592. The van der Waals surface area contributed by atoms with Gasteiger partial charge in [0, 0.05) is 24.3 Å². The van der Waals surface area contributed by atoms with Gasteiger partial charge in [0.05, 0.1) is 16.9 Å². The van der Waals surface area contributed by atoms with E-state index in [0.717, 1.165) is 12.8 Å². The Hall–Kier alpha value is -2.67. The van der Waals surface area contributed by atoms with Crippen LogP contribution < -0.4 is 10.3 Å². The van der Waals surface area contributed by atoms with Crippen molar-refractivity contribution in [3.63, 3.8) is 0 Å². The first-order chi connectivity index (χ1) is 12.8. The molecule has 0 N–H and O–H groups in total. The Kier molecular flexibility index (Phi) is 4.26. The van der Waals surface area contributed by atoms with E-state index in [1.165, 1.54) is 10.9 Å². The predicted molar refractivity (Wildman–Crippen MR) is 104 cm³/mol. The summed E-state index contributed by atoms with van der Waals surface area (Å²) in [6.07, 6.45) is 3.47. The van der Waals surface area contributed by atoms with Crippen molar-refractivity contribution in [2.45, 2.75) is 17.7 Å². The maximum atomic E-state index is 12.4. The van der Waals surface area contributed by atoms with Crippen molar-refractivity contribution in [3.05, 3.63) is 52.8 Å². The summed E-state index contributed by atoms with van der Waals surface area (Å²) < 4.78 is 31.4. The molecule has 0 atom stereocenters. The van der Waals surface area contributed by atoms with Crippen molar-refractivity contribution in [3.8, 4) is 17.0 Å². The zero-order valence-electron chi connectivity index (χ0n) is 15.2. The van der Waals surface area contributed by atoms with E-state index in [1.54, 1.807) is 37.4 Å². The second-order valence-electron chi connectivity index (χ2n) is 7.01. The van der Waals surface area contributed by atoms with Crippen LogP contribution in [-0.4, -0.2) is 31.1 Å². The average Bonchev–Trinajstić information content (AvgIpc) is 3.47. The number of aromatic nitrogens is 2. The summed E-state index contributed by atoms with van der Waals surface area (Å²) in [4.78, 5) is 12.6. The minimum Gasteiger partial charge on any atom is -0.493 e. The molecule has 0 bridgehead atoms. The Bertz CT molecular complexity index is 1190. The van der Waals surface area contributed by atoms with E-state index in [1.807, 2.05) is 12.1 Å². The molecule has 0 unspecified atom stereocenters. The third kappa shape index (κ3) is 3.47. The van der Waals surface area contributed by atoms with Crippen LogP contribution in [0.4, 0.5) is 0 Å². The number of rotatable bonds is 5. The number of hydrogen-bond donors (Lipinski definition) is 0. The first-order valence-electron chi connectivity index (χ1n) is 8.78. The molecule has 3 aromatic rings. The predicted octanol–water partition coefficient (Wildman–Crippen LogP) is 2.79. The van der Waals surface area contributed by atoms with Crippen molar-refractivity contribution >= 4 is 20.6 Å². The van der Waals surface area contributed by atoms with Crippen LogP contribution in [0.3, 0.4) is 0 Å². The number of fused-ring (bicyclic) bond motifs is 1. The van der Waals surface area contributed by atoms with E-state index >= 15 is 0 Å². The molecule has 4 rings (SSSR count). The maximum Gasteiger partial charge on any atom is 0.274 e. The van der Waals surface area contributed by atoms with E-state index in [-0.39, 0.29) is 10.5 Å². The molecule has 27 heavy (non-hydrogen) atoms. The molecular weight excluding hydrogens is 364 g/mol. The van der Waals surface area contributed by atoms with Gasteiger partial charge in [0.15, 0.2) is 9.84 Å². The van der Waals surface area contributed by atoms with Crippen LogP contribution >= 0.6 is 0 Å². The summed E-state index contributed by atoms with van der Waals surface area (Å²) in [6, 6.07) is 12.0. The molecule has 0 amide bonds. The number of aryl methyl sites for hydroxylation is 1. The SMILES string of the molecule is Cn1nc(-c2cc(S(C)(=O)=O)ccc2OCC2CC2)c2ccccc2c1=O. The highest BCUT2D eigenvalue weighted by Crippen LogP contribution is 2.36. The van der Waals surface area contributed by atoms with Crippen molar-refractivity contribution in [1.82, 2.24) is 9.78 Å². The van der Waals surface area contributed by atoms with E-state index < -0.39 is 9.84 Å². The van der Waals surface area contributed by atoms with Crippen LogP contribution in [0.1, 0.15) is 12.8 Å². The molecule has 0 aliphatic heterocycles. The van der Waals surface area contributed by atoms with Gasteiger partial charge in [-0.05, 0) is 43.0 Å². The molecule has 1 heterocycles. The highest BCUT2D eigenvalue weighted by molar-refractivity contribution is 7.90. The molecule has 0 radical (unpaired) electrons. The van der Waals surface area contributed by atoms with Gasteiger partial charge in [-0.1, -0.05) is 18.2 Å². The molecule has 6 nitrogen and oxygen atoms in total. The highest BCUT2D eigenvalue weighted by Gasteiger charge is 2.24. The van der Waals surface area contributed by atoms with E-state index in [9.17, 15) is 13.2 Å². The summed E-state index contributed by atoms with van der Waals surface area (Å²) in [5.74, 6) is 1.13. The van der Waals surface area contributed by atoms with Gasteiger partial charge in [-0.2, -0.15) is 5.10 Å². The topological polar surface area (TPSA) is 78.3 Å². The molecule has 0 saturated heterocycles. The average molecular weight is 384 g/mol. The molecule has 1 fully saturated rings. The lowest BCUT2D eigenvalue weighted by Gasteiger charge is -2.14. The second-order valence-corrected chi connectivity index (χ2v) is 9.02. The molecule has 0 spiro atoms. The van der Waals surface area contributed by atoms with Crippen LogP contribution in [0.15, 0.2) is 52.2 Å². The van der Waals surface area contributed by atoms with Crippen LogP contribution in [0, 0.1) is 5.92 Å². The highest BCUT2D eigenvalue weighted by atomic mass is 32.2. The largest absolute Gasteiger partial charge is 0.493 e. The van der Waals surface area contributed by atoms with Gasteiger partial charge < -0.3 is 4.74 Å². The second kappa shape index (κ2) is 6.49. The van der Waals surface area contributed by atoms with E-state index in [0.29, 0.717) is 40.3 Å². The van der Waals surface area contributed by atoms with Crippen molar-refractivity contribution in [2.24, 2.45) is 13.0 Å². The Balaban J connectivity index is 1.97.